The Balaban J connectivity index is 1.78. The number of carbonyl (C=O) groups excluding carboxylic acids is 3. The van der Waals surface area contributed by atoms with E-state index in [0.29, 0.717) is 5.56 Å². The van der Waals surface area contributed by atoms with Crippen LogP contribution in [0.15, 0.2) is 6.07 Å². The molecule has 0 spiro atoms. The molecule has 0 bridgehead atoms. The number of ether oxygens (including phenoxy) is 1. The van der Waals surface area contributed by atoms with Crippen LogP contribution in [0.3, 0.4) is 0 Å². The average Bonchev–Trinajstić information content (AvgIpc) is 3.51. The lowest BCUT2D eigenvalue weighted by Crippen LogP contribution is -2.44. The Bertz CT molecular complexity index is 896. The molecule has 1 N–H and O–H groups in total. The third-order valence-corrected chi connectivity index (χ3v) is 6.26. The van der Waals surface area contributed by atoms with E-state index in [1.165, 1.54) is 7.11 Å². The zero-order valence-corrected chi connectivity index (χ0v) is 18.0. The minimum Gasteiger partial charge on any atom is -0.469 e. The molecule has 1 aromatic carbocycles. The molecule has 8 heteroatoms. The third kappa shape index (κ3) is 3.79. The number of hydrogen-bond acceptors (Lipinski definition) is 4. The molecule has 164 valence electrons. The zero-order valence-electron chi connectivity index (χ0n) is 18.0. The van der Waals surface area contributed by atoms with Crippen molar-refractivity contribution in [3.63, 3.8) is 0 Å². The number of nitrogens with zero attached hydrogens (tertiary/aromatic N) is 1. The van der Waals surface area contributed by atoms with Gasteiger partial charge in [-0.2, -0.15) is 0 Å². The second-order valence-corrected chi connectivity index (χ2v) is 8.87. The summed E-state index contributed by atoms with van der Waals surface area (Å²) in [4.78, 5) is 38.1. The fourth-order valence-corrected chi connectivity index (χ4v) is 3.93. The van der Waals surface area contributed by atoms with Crippen molar-refractivity contribution in [3.8, 4) is 0 Å². The molecule has 1 saturated carbocycles. The maximum Gasteiger partial charge on any atom is 0.308 e. The first kappa shape index (κ1) is 22.2. The number of carbonyl (C=O) groups is 3. The summed E-state index contributed by atoms with van der Waals surface area (Å²) in [7, 11) is 1.30. The monoisotopic (exact) mass is 422 g/mol. The number of hydrogen-bond donors (Lipinski definition) is 1. The van der Waals surface area contributed by atoms with Gasteiger partial charge in [-0.15, -0.1) is 0 Å². The Kier molecular flexibility index (Phi) is 5.89. The van der Waals surface area contributed by atoms with Crippen molar-refractivity contribution >= 4 is 23.5 Å². The number of benzene rings is 1. The molecule has 0 aromatic heterocycles. The summed E-state index contributed by atoms with van der Waals surface area (Å²) in [5, 5.41) is 2.66. The molecule has 1 aliphatic carbocycles. The number of amides is 2. The zero-order chi connectivity index (χ0) is 22.4. The van der Waals surface area contributed by atoms with Crippen molar-refractivity contribution in [2.24, 2.45) is 11.8 Å². The molecule has 2 atom stereocenters. The minimum absolute atomic E-state index is 0.00802. The van der Waals surface area contributed by atoms with Gasteiger partial charge < -0.3 is 10.1 Å². The van der Waals surface area contributed by atoms with E-state index in [1.54, 1.807) is 27.7 Å². The van der Waals surface area contributed by atoms with Crippen LogP contribution in [0.5, 0.6) is 0 Å². The summed E-state index contributed by atoms with van der Waals surface area (Å²) in [5.74, 6) is -3.28. The molecule has 2 aliphatic rings. The molecule has 0 radical (unpaired) electrons. The van der Waals surface area contributed by atoms with Crippen LogP contribution in [0, 0.1) is 23.5 Å². The van der Waals surface area contributed by atoms with Crippen molar-refractivity contribution in [1.82, 2.24) is 5.32 Å². The first-order valence-electron chi connectivity index (χ1n) is 10.2. The van der Waals surface area contributed by atoms with E-state index in [0.717, 1.165) is 23.8 Å². The third-order valence-electron chi connectivity index (χ3n) is 6.26. The van der Waals surface area contributed by atoms with Gasteiger partial charge in [0.05, 0.1) is 24.1 Å². The molecule has 3 rings (SSSR count). The molecule has 30 heavy (non-hydrogen) atoms. The SMILES string of the molecule is COC(=O)C(C)C(C)CNC(=O)CN1C(=O)C(C)(C)c2c(F)c(C3CC3)cc(F)c21. The lowest BCUT2D eigenvalue weighted by molar-refractivity contribution is -0.146. The highest BCUT2D eigenvalue weighted by Crippen LogP contribution is 2.50. The molecule has 1 aliphatic heterocycles. The molecule has 1 fully saturated rings. The number of methoxy groups -OCH3 is 1. The van der Waals surface area contributed by atoms with Gasteiger partial charge in [0.25, 0.3) is 0 Å². The van der Waals surface area contributed by atoms with Crippen molar-refractivity contribution < 1.29 is 27.9 Å². The van der Waals surface area contributed by atoms with Gasteiger partial charge in [0, 0.05) is 12.1 Å². The molecular weight excluding hydrogens is 394 g/mol. The predicted octanol–water partition coefficient (Wildman–Crippen LogP) is 3.03. The summed E-state index contributed by atoms with van der Waals surface area (Å²) < 4.78 is 34.8. The summed E-state index contributed by atoms with van der Waals surface area (Å²) >= 11 is 0. The highest BCUT2D eigenvalue weighted by molar-refractivity contribution is 6.10. The van der Waals surface area contributed by atoms with Crippen molar-refractivity contribution in [2.75, 3.05) is 25.1 Å². The van der Waals surface area contributed by atoms with Gasteiger partial charge >= 0.3 is 5.97 Å². The van der Waals surface area contributed by atoms with E-state index in [1.807, 2.05) is 0 Å². The van der Waals surface area contributed by atoms with Gasteiger partial charge in [-0.3, -0.25) is 19.3 Å². The van der Waals surface area contributed by atoms with Crippen LogP contribution >= 0.6 is 0 Å². The Morgan fingerprint density at radius 2 is 1.93 bits per heavy atom. The van der Waals surface area contributed by atoms with E-state index < -0.39 is 41.3 Å². The highest BCUT2D eigenvalue weighted by atomic mass is 19.1. The lowest BCUT2D eigenvalue weighted by atomic mass is 9.84. The number of nitrogens with one attached hydrogen (secondary N) is 1. The first-order chi connectivity index (χ1) is 14.0. The minimum atomic E-state index is -1.27. The van der Waals surface area contributed by atoms with Gasteiger partial charge in [0.1, 0.15) is 18.2 Å². The topological polar surface area (TPSA) is 75.7 Å². The van der Waals surface area contributed by atoms with Crippen LogP contribution < -0.4 is 10.2 Å². The van der Waals surface area contributed by atoms with E-state index in [4.69, 9.17) is 4.74 Å². The first-order valence-corrected chi connectivity index (χ1v) is 10.2. The van der Waals surface area contributed by atoms with Crippen LogP contribution in [0.4, 0.5) is 14.5 Å². The summed E-state index contributed by atoms with van der Waals surface area (Å²) in [6.45, 7) is 6.34. The average molecular weight is 422 g/mol. The number of anilines is 1. The quantitative estimate of drug-likeness (QED) is 0.686. The Labute approximate surface area is 174 Å². The van der Waals surface area contributed by atoms with E-state index in [9.17, 15) is 18.8 Å². The molecular formula is C22H28F2N2O4. The van der Waals surface area contributed by atoms with Gasteiger partial charge in [-0.05, 0) is 50.2 Å². The second-order valence-electron chi connectivity index (χ2n) is 8.87. The second kappa shape index (κ2) is 7.96. The van der Waals surface area contributed by atoms with Crippen LogP contribution in [0.2, 0.25) is 0 Å². The van der Waals surface area contributed by atoms with Gasteiger partial charge in [0.15, 0.2) is 0 Å². The van der Waals surface area contributed by atoms with E-state index >= 15 is 4.39 Å². The Hall–Kier alpha value is -2.51. The predicted molar refractivity (Wildman–Crippen MR) is 107 cm³/mol. The number of rotatable bonds is 7. The molecule has 2 amide bonds. The fourth-order valence-electron chi connectivity index (χ4n) is 3.93. The largest absolute Gasteiger partial charge is 0.469 e. The van der Waals surface area contributed by atoms with Gasteiger partial charge in [-0.25, -0.2) is 8.78 Å². The molecule has 2 unspecified atom stereocenters. The van der Waals surface area contributed by atoms with Crippen LogP contribution in [-0.4, -0.2) is 38.0 Å². The molecule has 1 aromatic rings. The molecule has 1 heterocycles. The smallest absolute Gasteiger partial charge is 0.308 e. The van der Waals surface area contributed by atoms with Gasteiger partial charge in [0.2, 0.25) is 11.8 Å². The molecule has 0 saturated heterocycles. The van der Waals surface area contributed by atoms with Crippen molar-refractivity contribution in [3.05, 3.63) is 28.8 Å². The van der Waals surface area contributed by atoms with Crippen molar-refractivity contribution in [1.29, 1.82) is 0 Å². The maximum absolute atomic E-state index is 15.2. The number of halogens is 2. The van der Waals surface area contributed by atoms with E-state index in [-0.39, 0.29) is 35.6 Å². The fraction of sp³-hybridized carbons (Fsp3) is 0.591. The summed E-state index contributed by atoms with van der Waals surface area (Å²) in [6.07, 6.45) is 1.61. The van der Waals surface area contributed by atoms with Crippen LogP contribution in [0.1, 0.15) is 57.6 Å². The summed E-state index contributed by atoms with van der Waals surface area (Å²) in [6, 6.07) is 1.16. The maximum atomic E-state index is 15.2. The lowest BCUT2D eigenvalue weighted by Gasteiger charge is -2.22. The van der Waals surface area contributed by atoms with E-state index in [2.05, 4.69) is 5.32 Å². The van der Waals surface area contributed by atoms with Gasteiger partial charge in [-0.1, -0.05) is 13.8 Å². The Morgan fingerprint density at radius 3 is 2.50 bits per heavy atom. The molecule has 6 nitrogen and oxygen atoms in total. The van der Waals surface area contributed by atoms with Crippen LogP contribution in [-0.2, 0) is 24.5 Å². The number of fused-ring (bicyclic) bond motifs is 1. The van der Waals surface area contributed by atoms with Crippen LogP contribution in [0.25, 0.3) is 0 Å². The number of esters is 1. The summed E-state index contributed by atoms with van der Waals surface area (Å²) in [5.41, 5.74) is -1.09. The standard InChI is InChI=1S/C22H28F2N2O4/c1-11(12(2)20(28)30-5)9-25-16(27)10-26-19-15(23)8-14(13-6-7-13)18(24)17(19)22(3,4)21(26)29/h8,11-13H,6-7,9-10H2,1-5H3,(H,25,27). The normalized spacial score (nSPS) is 19.3. The highest BCUT2D eigenvalue weighted by Gasteiger charge is 2.49. The Morgan fingerprint density at radius 1 is 1.30 bits per heavy atom. The van der Waals surface area contributed by atoms with Crippen molar-refractivity contribution in [2.45, 2.75) is 51.9 Å².